The Morgan fingerprint density at radius 2 is 1.90 bits per heavy atom. The van der Waals surface area contributed by atoms with Crippen LogP contribution in [-0.2, 0) is 16.8 Å². The minimum atomic E-state index is -0.907. The number of hydrogen-bond acceptors (Lipinski definition) is 3. The highest BCUT2D eigenvalue weighted by Crippen LogP contribution is 2.36. The van der Waals surface area contributed by atoms with E-state index in [4.69, 9.17) is 4.74 Å². The van der Waals surface area contributed by atoms with Crippen LogP contribution >= 0.6 is 0 Å². The van der Waals surface area contributed by atoms with Gasteiger partial charge >= 0.3 is 6.09 Å². The fourth-order valence-electron chi connectivity index (χ4n) is 2.51. The summed E-state index contributed by atoms with van der Waals surface area (Å²) in [7, 11) is 0. The van der Waals surface area contributed by atoms with Crippen molar-refractivity contribution in [1.29, 1.82) is 0 Å². The SMILES string of the molecule is CC(C)(C)OC(=O)N1CCc2c1cccc2C(C)(C)O. The lowest BCUT2D eigenvalue weighted by Gasteiger charge is -2.25. The van der Waals surface area contributed by atoms with E-state index in [2.05, 4.69) is 0 Å². The Labute approximate surface area is 120 Å². The number of anilines is 1. The molecule has 110 valence electrons. The normalized spacial score (nSPS) is 15.2. The second-order valence-electron chi connectivity index (χ2n) is 6.74. The summed E-state index contributed by atoms with van der Waals surface area (Å²) in [6, 6.07) is 5.69. The molecular formula is C16H23NO3. The highest BCUT2D eigenvalue weighted by molar-refractivity contribution is 5.91. The standard InChI is InChI=1S/C16H23NO3/c1-15(2,3)20-14(18)17-10-9-11-12(16(4,5)19)7-6-8-13(11)17/h6-8,19H,9-10H2,1-5H3. The lowest BCUT2D eigenvalue weighted by Crippen LogP contribution is -2.35. The summed E-state index contributed by atoms with van der Waals surface area (Å²) >= 11 is 0. The number of carbonyl (C=O) groups excluding carboxylic acids is 1. The van der Waals surface area contributed by atoms with Crippen LogP contribution < -0.4 is 4.90 Å². The van der Waals surface area contributed by atoms with Gasteiger partial charge in [-0.1, -0.05) is 12.1 Å². The van der Waals surface area contributed by atoms with E-state index < -0.39 is 11.2 Å². The molecule has 0 aliphatic carbocycles. The molecule has 4 heteroatoms. The lowest BCUT2D eigenvalue weighted by molar-refractivity contribution is 0.0583. The van der Waals surface area contributed by atoms with Gasteiger partial charge in [-0.3, -0.25) is 4.90 Å². The van der Waals surface area contributed by atoms with Gasteiger partial charge in [0.2, 0.25) is 0 Å². The fraction of sp³-hybridized carbons (Fsp3) is 0.562. The van der Waals surface area contributed by atoms with E-state index >= 15 is 0 Å². The molecule has 1 aliphatic rings. The molecule has 0 atom stereocenters. The van der Waals surface area contributed by atoms with Gasteiger partial charge in [0, 0.05) is 6.54 Å². The topological polar surface area (TPSA) is 49.8 Å². The predicted octanol–water partition coefficient (Wildman–Crippen LogP) is 3.21. The van der Waals surface area contributed by atoms with Crippen LogP contribution in [0.5, 0.6) is 0 Å². The number of rotatable bonds is 1. The highest BCUT2D eigenvalue weighted by atomic mass is 16.6. The largest absolute Gasteiger partial charge is 0.443 e. The summed E-state index contributed by atoms with van der Waals surface area (Å²) in [5, 5.41) is 10.2. The first-order chi connectivity index (χ1) is 9.09. The summed E-state index contributed by atoms with van der Waals surface area (Å²) in [5.41, 5.74) is 1.34. The average Bonchev–Trinajstić information content (AvgIpc) is 2.68. The smallest absolute Gasteiger partial charge is 0.414 e. The molecule has 0 spiro atoms. The Morgan fingerprint density at radius 1 is 1.25 bits per heavy atom. The van der Waals surface area contributed by atoms with E-state index in [-0.39, 0.29) is 6.09 Å². The molecule has 0 fully saturated rings. The number of aliphatic hydroxyl groups is 1. The number of benzene rings is 1. The van der Waals surface area contributed by atoms with E-state index in [9.17, 15) is 9.90 Å². The zero-order valence-electron chi connectivity index (χ0n) is 12.9. The monoisotopic (exact) mass is 277 g/mol. The molecule has 1 heterocycles. The Bertz CT molecular complexity index is 524. The summed E-state index contributed by atoms with van der Waals surface area (Å²) in [6.45, 7) is 9.69. The van der Waals surface area contributed by atoms with Crippen LogP contribution in [0.1, 0.15) is 45.7 Å². The molecule has 2 rings (SSSR count). The van der Waals surface area contributed by atoms with Gasteiger partial charge in [0.1, 0.15) is 5.60 Å². The predicted molar refractivity (Wildman–Crippen MR) is 79.0 cm³/mol. The molecule has 0 aromatic heterocycles. The van der Waals surface area contributed by atoms with Crippen LogP contribution in [0.15, 0.2) is 18.2 Å². The van der Waals surface area contributed by atoms with E-state index in [1.54, 1.807) is 18.7 Å². The van der Waals surface area contributed by atoms with Crippen molar-refractivity contribution in [2.75, 3.05) is 11.4 Å². The second kappa shape index (κ2) is 4.77. The van der Waals surface area contributed by atoms with Crippen LogP contribution in [0.4, 0.5) is 10.5 Å². The fourth-order valence-corrected chi connectivity index (χ4v) is 2.51. The summed E-state index contributed by atoms with van der Waals surface area (Å²) < 4.78 is 5.43. The average molecular weight is 277 g/mol. The van der Waals surface area contributed by atoms with E-state index in [0.717, 1.165) is 23.2 Å². The maximum atomic E-state index is 12.2. The van der Waals surface area contributed by atoms with Crippen molar-refractivity contribution >= 4 is 11.8 Å². The minimum absolute atomic E-state index is 0.329. The summed E-state index contributed by atoms with van der Waals surface area (Å²) in [6.07, 6.45) is 0.415. The van der Waals surface area contributed by atoms with E-state index in [0.29, 0.717) is 6.54 Å². The van der Waals surface area contributed by atoms with Crippen molar-refractivity contribution < 1.29 is 14.6 Å². The Hall–Kier alpha value is -1.55. The second-order valence-corrected chi connectivity index (χ2v) is 6.74. The number of ether oxygens (including phenoxy) is 1. The number of amides is 1. The highest BCUT2D eigenvalue weighted by Gasteiger charge is 2.32. The third-order valence-electron chi connectivity index (χ3n) is 3.30. The van der Waals surface area contributed by atoms with Crippen molar-refractivity contribution in [3.8, 4) is 0 Å². The molecule has 0 radical (unpaired) electrons. The zero-order valence-corrected chi connectivity index (χ0v) is 12.9. The minimum Gasteiger partial charge on any atom is -0.443 e. The Kier molecular flexibility index (Phi) is 3.54. The van der Waals surface area contributed by atoms with Crippen molar-refractivity contribution in [2.45, 2.75) is 52.2 Å². The van der Waals surface area contributed by atoms with Gasteiger partial charge in [-0.2, -0.15) is 0 Å². The molecule has 0 saturated carbocycles. The first-order valence-electron chi connectivity index (χ1n) is 6.95. The molecule has 4 nitrogen and oxygen atoms in total. The number of carbonyl (C=O) groups is 1. The molecule has 0 unspecified atom stereocenters. The first-order valence-corrected chi connectivity index (χ1v) is 6.95. The Balaban J connectivity index is 2.33. The van der Waals surface area contributed by atoms with Crippen LogP contribution in [0, 0.1) is 0 Å². The molecule has 1 aromatic carbocycles. The third-order valence-corrected chi connectivity index (χ3v) is 3.30. The molecule has 1 amide bonds. The van der Waals surface area contributed by atoms with Gasteiger partial charge < -0.3 is 9.84 Å². The number of nitrogens with zero attached hydrogens (tertiary/aromatic N) is 1. The van der Waals surface area contributed by atoms with Gasteiger partial charge in [0.05, 0.1) is 11.3 Å². The third kappa shape index (κ3) is 2.96. The lowest BCUT2D eigenvalue weighted by atomic mass is 9.92. The van der Waals surface area contributed by atoms with Crippen LogP contribution in [0.2, 0.25) is 0 Å². The maximum Gasteiger partial charge on any atom is 0.414 e. The number of hydrogen-bond donors (Lipinski definition) is 1. The molecular weight excluding hydrogens is 254 g/mol. The van der Waals surface area contributed by atoms with Gasteiger partial charge in [-0.15, -0.1) is 0 Å². The number of fused-ring (bicyclic) bond motifs is 1. The van der Waals surface area contributed by atoms with E-state index in [1.807, 2.05) is 39.0 Å². The van der Waals surface area contributed by atoms with Crippen LogP contribution in [0.3, 0.4) is 0 Å². The quantitative estimate of drug-likeness (QED) is 0.857. The van der Waals surface area contributed by atoms with E-state index in [1.165, 1.54) is 0 Å². The molecule has 1 N–H and O–H groups in total. The van der Waals surface area contributed by atoms with Crippen molar-refractivity contribution in [1.82, 2.24) is 0 Å². The van der Waals surface area contributed by atoms with Crippen molar-refractivity contribution in [3.05, 3.63) is 29.3 Å². The van der Waals surface area contributed by atoms with Crippen LogP contribution in [-0.4, -0.2) is 23.3 Å². The summed E-state index contributed by atoms with van der Waals surface area (Å²) in [4.78, 5) is 13.9. The maximum absolute atomic E-state index is 12.2. The molecule has 20 heavy (non-hydrogen) atoms. The van der Waals surface area contributed by atoms with Crippen LogP contribution in [0.25, 0.3) is 0 Å². The molecule has 0 bridgehead atoms. The molecule has 1 aromatic rings. The first kappa shape index (κ1) is 14.9. The van der Waals surface area contributed by atoms with Gasteiger partial charge in [0.25, 0.3) is 0 Å². The van der Waals surface area contributed by atoms with Crippen molar-refractivity contribution in [2.24, 2.45) is 0 Å². The summed E-state index contributed by atoms with van der Waals surface area (Å²) in [5.74, 6) is 0. The Morgan fingerprint density at radius 3 is 2.45 bits per heavy atom. The molecule has 0 saturated heterocycles. The molecule has 1 aliphatic heterocycles. The van der Waals surface area contributed by atoms with Gasteiger partial charge in [-0.25, -0.2) is 4.79 Å². The zero-order chi connectivity index (χ0) is 15.1. The van der Waals surface area contributed by atoms with Crippen molar-refractivity contribution in [3.63, 3.8) is 0 Å². The van der Waals surface area contributed by atoms with Gasteiger partial charge in [-0.05, 0) is 58.2 Å². The van der Waals surface area contributed by atoms with Gasteiger partial charge in [0.15, 0.2) is 0 Å².